The molecule has 0 atom stereocenters. The van der Waals surface area contributed by atoms with Crippen LogP contribution in [0.5, 0.6) is 0 Å². The normalized spacial score (nSPS) is 15.3. The molecule has 0 unspecified atom stereocenters. The van der Waals surface area contributed by atoms with E-state index in [1.165, 1.54) is 0 Å². The Kier molecular flexibility index (Phi) is 4.49. The minimum Gasteiger partial charge on any atom is -0.395 e. The second-order valence-corrected chi connectivity index (χ2v) is 5.22. The smallest absolute Gasteiger partial charge is 0.257 e. The zero-order valence-electron chi connectivity index (χ0n) is 9.90. The highest BCUT2D eigenvalue weighted by Crippen LogP contribution is 2.30. The average molecular weight is 288 g/mol. The fourth-order valence-electron chi connectivity index (χ4n) is 2.10. The van der Waals surface area contributed by atoms with E-state index in [2.05, 4.69) is 0 Å². The molecule has 0 aliphatic heterocycles. The van der Waals surface area contributed by atoms with Crippen LogP contribution in [0.25, 0.3) is 0 Å². The molecule has 3 nitrogen and oxygen atoms in total. The highest BCUT2D eigenvalue weighted by Gasteiger charge is 2.30. The van der Waals surface area contributed by atoms with E-state index in [1.54, 1.807) is 23.1 Å². The van der Waals surface area contributed by atoms with Crippen molar-refractivity contribution in [3.05, 3.63) is 33.8 Å². The quantitative estimate of drug-likeness (QED) is 0.925. The number of halogens is 2. The maximum Gasteiger partial charge on any atom is 0.257 e. The molecule has 0 aromatic heterocycles. The van der Waals surface area contributed by atoms with Crippen LogP contribution in [0, 0.1) is 0 Å². The minimum atomic E-state index is -0.190. The van der Waals surface area contributed by atoms with Crippen LogP contribution in [-0.2, 0) is 0 Å². The van der Waals surface area contributed by atoms with Gasteiger partial charge in [0.2, 0.25) is 0 Å². The lowest BCUT2D eigenvalue weighted by molar-refractivity contribution is 0.0526. The van der Waals surface area contributed by atoms with E-state index in [-0.39, 0.29) is 18.6 Å². The summed E-state index contributed by atoms with van der Waals surface area (Å²) in [5.41, 5.74) is 0.334. The van der Waals surface area contributed by atoms with Gasteiger partial charge in [0, 0.05) is 12.6 Å². The number of carbonyl (C=O) groups excluding carboxylic acids is 1. The Hall–Kier alpha value is -0.770. The highest BCUT2D eigenvalue weighted by molar-refractivity contribution is 6.39. The number of nitrogens with zero attached hydrogens (tertiary/aromatic N) is 1. The Bertz CT molecular complexity index is 426. The van der Waals surface area contributed by atoms with Crippen molar-refractivity contribution in [1.29, 1.82) is 0 Å². The number of aliphatic hydroxyl groups excluding tert-OH is 1. The van der Waals surface area contributed by atoms with Gasteiger partial charge in [-0.3, -0.25) is 4.79 Å². The van der Waals surface area contributed by atoms with Crippen molar-refractivity contribution >= 4 is 29.1 Å². The van der Waals surface area contributed by atoms with E-state index in [9.17, 15) is 4.79 Å². The summed E-state index contributed by atoms with van der Waals surface area (Å²) >= 11 is 12.1. The molecule has 0 heterocycles. The Morgan fingerprint density at radius 3 is 2.39 bits per heavy atom. The number of aliphatic hydroxyl groups is 1. The monoisotopic (exact) mass is 287 g/mol. The largest absolute Gasteiger partial charge is 0.395 e. The predicted octanol–water partition coefficient (Wildman–Crippen LogP) is 2.98. The first kappa shape index (κ1) is 13.7. The summed E-state index contributed by atoms with van der Waals surface area (Å²) < 4.78 is 0. The molecule has 1 aliphatic rings. The van der Waals surface area contributed by atoms with Gasteiger partial charge in [-0.25, -0.2) is 0 Å². The highest BCUT2D eigenvalue weighted by atomic mass is 35.5. The van der Waals surface area contributed by atoms with Crippen molar-refractivity contribution in [3.63, 3.8) is 0 Å². The standard InChI is InChI=1S/C13H15Cl2NO2/c14-10-5-2-6-11(15)12(10)13(18)16(7-8-17)9-3-1-4-9/h2,5-6,9,17H,1,3-4,7-8H2. The molecule has 18 heavy (non-hydrogen) atoms. The molecule has 0 bridgehead atoms. The lowest BCUT2D eigenvalue weighted by atomic mass is 9.91. The zero-order valence-corrected chi connectivity index (χ0v) is 11.4. The van der Waals surface area contributed by atoms with E-state index in [0.717, 1.165) is 19.3 Å². The maximum absolute atomic E-state index is 12.5. The molecule has 1 saturated carbocycles. The van der Waals surface area contributed by atoms with E-state index >= 15 is 0 Å². The summed E-state index contributed by atoms with van der Waals surface area (Å²) in [7, 11) is 0. The van der Waals surface area contributed by atoms with Gasteiger partial charge in [0.25, 0.3) is 5.91 Å². The summed E-state index contributed by atoms with van der Waals surface area (Å²) in [5.74, 6) is -0.190. The van der Waals surface area contributed by atoms with E-state index in [4.69, 9.17) is 28.3 Å². The number of hydrogen-bond acceptors (Lipinski definition) is 2. The Labute approximate surface area is 116 Å². The number of benzene rings is 1. The molecule has 1 aromatic rings. The third-order valence-electron chi connectivity index (χ3n) is 3.29. The molecule has 2 rings (SSSR count). The molecule has 0 radical (unpaired) electrons. The van der Waals surface area contributed by atoms with E-state index in [0.29, 0.717) is 22.2 Å². The van der Waals surface area contributed by atoms with Crippen molar-refractivity contribution in [3.8, 4) is 0 Å². The van der Waals surface area contributed by atoms with E-state index < -0.39 is 0 Å². The van der Waals surface area contributed by atoms with Crippen LogP contribution in [0.1, 0.15) is 29.6 Å². The molecule has 98 valence electrons. The first-order chi connectivity index (χ1) is 8.65. The van der Waals surface area contributed by atoms with Crippen LogP contribution in [0.15, 0.2) is 18.2 Å². The third kappa shape index (κ3) is 2.63. The van der Waals surface area contributed by atoms with Crippen molar-refractivity contribution in [2.24, 2.45) is 0 Å². The Balaban J connectivity index is 2.27. The van der Waals surface area contributed by atoms with Crippen LogP contribution in [0.4, 0.5) is 0 Å². The lowest BCUT2D eigenvalue weighted by Crippen LogP contribution is -2.45. The van der Waals surface area contributed by atoms with Crippen molar-refractivity contribution in [1.82, 2.24) is 4.90 Å². The second kappa shape index (κ2) is 5.91. The Morgan fingerprint density at radius 1 is 1.33 bits per heavy atom. The van der Waals surface area contributed by atoms with Gasteiger partial charge in [-0.15, -0.1) is 0 Å². The van der Waals surface area contributed by atoms with Gasteiger partial charge in [0.05, 0.1) is 22.2 Å². The van der Waals surface area contributed by atoms with Crippen LogP contribution in [-0.4, -0.2) is 35.1 Å². The first-order valence-corrected chi connectivity index (χ1v) is 6.76. The van der Waals surface area contributed by atoms with Gasteiger partial charge in [0.15, 0.2) is 0 Å². The second-order valence-electron chi connectivity index (χ2n) is 4.40. The lowest BCUT2D eigenvalue weighted by Gasteiger charge is -2.37. The molecule has 0 spiro atoms. The third-order valence-corrected chi connectivity index (χ3v) is 3.92. The molecule has 0 saturated heterocycles. The summed E-state index contributed by atoms with van der Waals surface area (Å²) in [4.78, 5) is 14.1. The summed E-state index contributed by atoms with van der Waals surface area (Å²) in [6, 6.07) is 5.22. The Morgan fingerprint density at radius 2 is 1.94 bits per heavy atom. The number of amides is 1. The van der Waals surface area contributed by atoms with Crippen LogP contribution in [0.3, 0.4) is 0 Å². The van der Waals surface area contributed by atoms with Gasteiger partial charge in [-0.2, -0.15) is 0 Å². The molecule has 1 aromatic carbocycles. The maximum atomic E-state index is 12.5. The van der Waals surface area contributed by atoms with Crippen molar-refractivity contribution in [2.45, 2.75) is 25.3 Å². The van der Waals surface area contributed by atoms with Crippen molar-refractivity contribution in [2.75, 3.05) is 13.2 Å². The molecular weight excluding hydrogens is 273 g/mol. The average Bonchev–Trinajstić information content (AvgIpc) is 2.25. The van der Waals surface area contributed by atoms with Crippen LogP contribution >= 0.6 is 23.2 Å². The SMILES string of the molecule is O=C(c1c(Cl)cccc1Cl)N(CCO)C1CCC1. The molecule has 1 aliphatic carbocycles. The first-order valence-electron chi connectivity index (χ1n) is 6.01. The molecule has 1 amide bonds. The fourth-order valence-corrected chi connectivity index (χ4v) is 2.66. The van der Waals surface area contributed by atoms with Crippen LogP contribution in [0.2, 0.25) is 10.0 Å². The van der Waals surface area contributed by atoms with Gasteiger partial charge in [0.1, 0.15) is 0 Å². The summed E-state index contributed by atoms with van der Waals surface area (Å²) in [5, 5.41) is 9.79. The topological polar surface area (TPSA) is 40.5 Å². The van der Waals surface area contributed by atoms with Gasteiger partial charge >= 0.3 is 0 Å². The molecular formula is C13H15Cl2NO2. The predicted molar refractivity (Wildman–Crippen MR) is 72.2 cm³/mol. The van der Waals surface area contributed by atoms with Gasteiger partial charge < -0.3 is 10.0 Å². The number of hydrogen-bond donors (Lipinski definition) is 1. The number of rotatable bonds is 4. The summed E-state index contributed by atoms with van der Waals surface area (Å²) in [6.45, 7) is 0.273. The van der Waals surface area contributed by atoms with E-state index in [1.807, 2.05) is 0 Å². The van der Waals surface area contributed by atoms with Crippen molar-refractivity contribution < 1.29 is 9.90 Å². The fraction of sp³-hybridized carbons (Fsp3) is 0.462. The van der Waals surface area contributed by atoms with Gasteiger partial charge in [-0.05, 0) is 31.4 Å². The summed E-state index contributed by atoms with van der Waals surface area (Å²) in [6.07, 6.45) is 3.08. The van der Waals surface area contributed by atoms with Gasteiger partial charge in [-0.1, -0.05) is 29.3 Å². The molecule has 1 N–H and O–H groups in total. The minimum absolute atomic E-state index is 0.0513. The molecule has 1 fully saturated rings. The number of carbonyl (C=O) groups is 1. The molecule has 5 heteroatoms. The van der Waals surface area contributed by atoms with Crippen LogP contribution < -0.4 is 0 Å². The zero-order chi connectivity index (χ0) is 13.1.